The van der Waals surface area contributed by atoms with Gasteiger partial charge < -0.3 is 0 Å². The lowest BCUT2D eigenvalue weighted by atomic mass is 9.80. The number of rotatable bonds is 3. The van der Waals surface area contributed by atoms with Crippen molar-refractivity contribution in [3.8, 4) is 0 Å². The Bertz CT molecular complexity index is 643. The summed E-state index contributed by atoms with van der Waals surface area (Å²) in [5.41, 5.74) is 2.43. The Kier molecular flexibility index (Phi) is 3.82. The average molecular weight is 305 g/mol. The summed E-state index contributed by atoms with van der Waals surface area (Å²) < 4.78 is 0. The second kappa shape index (κ2) is 5.59. The fourth-order valence-corrected chi connectivity index (χ4v) is 2.85. The fourth-order valence-electron chi connectivity index (χ4n) is 2.48. The van der Waals surface area contributed by atoms with Crippen molar-refractivity contribution in [3.63, 3.8) is 0 Å². The Morgan fingerprint density at radius 2 is 1.70 bits per heavy atom. The highest BCUT2D eigenvalue weighted by atomic mass is 35.5. The van der Waals surface area contributed by atoms with Crippen molar-refractivity contribution in [2.24, 2.45) is 0 Å². The summed E-state index contributed by atoms with van der Waals surface area (Å²) in [6.45, 7) is 0. The molecule has 2 aromatic carbocycles. The zero-order chi connectivity index (χ0) is 14.1. The number of carbonyl (C=O) groups is 1. The summed E-state index contributed by atoms with van der Waals surface area (Å²) in [6, 6.07) is 12.8. The smallest absolute Gasteiger partial charge is 0.194 e. The molecule has 1 saturated carbocycles. The van der Waals surface area contributed by atoms with Gasteiger partial charge in [0.2, 0.25) is 0 Å². The van der Waals surface area contributed by atoms with Gasteiger partial charge in [-0.25, -0.2) is 0 Å². The summed E-state index contributed by atoms with van der Waals surface area (Å²) >= 11 is 12.0. The van der Waals surface area contributed by atoms with Crippen molar-refractivity contribution in [2.75, 3.05) is 0 Å². The number of halogens is 2. The van der Waals surface area contributed by atoms with Crippen LogP contribution in [0.1, 0.15) is 46.7 Å². The molecule has 1 aliphatic carbocycles. The third-order valence-corrected chi connectivity index (χ3v) is 4.49. The van der Waals surface area contributed by atoms with E-state index in [1.807, 2.05) is 12.1 Å². The van der Waals surface area contributed by atoms with Crippen LogP contribution in [0, 0.1) is 0 Å². The van der Waals surface area contributed by atoms with Crippen LogP contribution in [0.2, 0.25) is 10.0 Å². The van der Waals surface area contributed by atoms with Crippen LogP contribution in [-0.2, 0) is 0 Å². The second-order valence-corrected chi connectivity index (χ2v) is 6.05. The Balaban J connectivity index is 1.88. The molecule has 0 aliphatic heterocycles. The van der Waals surface area contributed by atoms with E-state index >= 15 is 0 Å². The highest BCUT2D eigenvalue weighted by Crippen LogP contribution is 2.36. The van der Waals surface area contributed by atoms with E-state index in [9.17, 15) is 4.79 Å². The van der Waals surface area contributed by atoms with Crippen molar-refractivity contribution < 1.29 is 4.79 Å². The van der Waals surface area contributed by atoms with E-state index in [0.29, 0.717) is 27.1 Å². The van der Waals surface area contributed by atoms with Gasteiger partial charge in [0.05, 0.1) is 5.02 Å². The molecule has 0 saturated heterocycles. The van der Waals surface area contributed by atoms with E-state index in [4.69, 9.17) is 23.2 Å². The van der Waals surface area contributed by atoms with E-state index in [0.717, 1.165) is 0 Å². The summed E-state index contributed by atoms with van der Waals surface area (Å²) in [4.78, 5) is 12.4. The van der Waals surface area contributed by atoms with E-state index in [-0.39, 0.29) is 5.78 Å². The zero-order valence-corrected chi connectivity index (χ0v) is 12.4. The number of benzene rings is 2. The molecule has 0 amide bonds. The van der Waals surface area contributed by atoms with Crippen LogP contribution in [-0.4, -0.2) is 5.78 Å². The third kappa shape index (κ3) is 2.61. The van der Waals surface area contributed by atoms with E-state index in [1.165, 1.54) is 24.8 Å². The third-order valence-electron chi connectivity index (χ3n) is 3.92. The lowest BCUT2D eigenvalue weighted by molar-refractivity contribution is 0.103. The molecule has 0 aromatic heterocycles. The average Bonchev–Trinajstić information content (AvgIpc) is 2.40. The summed E-state index contributed by atoms with van der Waals surface area (Å²) in [7, 11) is 0. The molecular weight excluding hydrogens is 291 g/mol. The molecule has 3 heteroatoms. The lowest BCUT2D eigenvalue weighted by Gasteiger charge is -2.25. The SMILES string of the molecule is O=C(c1ccc(C2CCC2)cc1)c1cc(Cl)ccc1Cl. The molecule has 2 aromatic rings. The predicted octanol–water partition coefficient (Wildman–Crippen LogP) is 5.49. The number of carbonyl (C=O) groups excluding carboxylic acids is 1. The van der Waals surface area contributed by atoms with Gasteiger partial charge >= 0.3 is 0 Å². The Labute approximate surface area is 128 Å². The summed E-state index contributed by atoms with van der Waals surface area (Å²) in [5.74, 6) is 0.589. The minimum absolute atomic E-state index is 0.0855. The minimum atomic E-state index is -0.0855. The monoisotopic (exact) mass is 304 g/mol. The Morgan fingerprint density at radius 1 is 1.00 bits per heavy atom. The van der Waals surface area contributed by atoms with Gasteiger partial charge in [0.15, 0.2) is 5.78 Å². The maximum atomic E-state index is 12.4. The fraction of sp³-hybridized carbons (Fsp3) is 0.235. The topological polar surface area (TPSA) is 17.1 Å². The first-order valence-corrected chi connectivity index (χ1v) is 7.50. The molecule has 1 fully saturated rings. The van der Waals surface area contributed by atoms with Crippen LogP contribution >= 0.6 is 23.2 Å². The quantitative estimate of drug-likeness (QED) is 0.685. The largest absolute Gasteiger partial charge is 0.289 e. The molecule has 102 valence electrons. The molecule has 1 aliphatic rings. The normalized spacial score (nSPS) is 14.9. The molecule has 0 unspecified atom stereocenters. The highest BCUT2D eigenvalue weighted by Gasteiger charge is 2.20. The van der Waals surface area contributed by atoms with E-state index in [1.54, 1.807) is 18.2 Å². The predicted molar refractivity (Wildman–Crippen MR) is 82.9 cm³/mol. The van der Waals surface area contributed by atoms with Crippen LogP contribution in [0.15, 0.2) is 42.5 Å². The van der Waals surface area contributed by atoms with Crippen molar-refractivity contribution >= 4 is 29.0 Å². The first-order valence-electron chi connectivity index (χ1n) is 6.75. The first-order chi connectivity index (χ1) is 9.65. The van der Waals surface area contributed by atoms with Gasteiger partial charge in [-0.3, -0.25) is 4.79 Å². The standard InChI is InChI=1S/C17H14Cl2O/c18-14-8-9-16(19)15(10-14)17(20)13-6-4-12(5-7-13)11-2-1-3-11/h4-11H,1-3H2. The Morgan fingerprint density at radius 3 is 2.30 bits per heavy atom. The molecule has 1 nitrogen and oxygen atoms in total. The van der Waals surface area contributed by atoms with E-state index in [2.05, 4.69) is 12.1 Å². The maximum absolute atomic E-state index is 12.4. The minimum Gasteiger partial charge on any atom is -0.289 e. The van der Waals surface area contributed by atoms with Gasteiger partial charge in [0.1, 0.15) is 0 Å². The molecule has 0 atom stereocenters. The molecule has 0 heterocycles. The molecule has 0 spiro atoms. The van der Waals surface area contributed by atoms with Gasteiger partial charge in [-0.05, 0) is 42.5 Å². The second-order valence-electron chi connectivity index (χ2n) is 5.20. The van der Waals surface area contributed by atoms with Gasteiger partial charge in [-0.1, -0.05) is 53.9 Å². The van der Waals surface area contributed by atoms with Crippen LogP contribution in [0.25, 0.3) is 0 Å². The van der Waals surface area contributed by atoms with Gasteiger partial charge in [-0.15, -0.1) is 0 Å². The zero-order valence-electron chi connectivity index (χ0n) is 10.9. The van der Waals surface area contributed by atoms with Crippen molar-refractivity contribution in [1.82, 2.24) is 0 Å². The highest BCUT2D eigenvalue weighted by molar-refractivity contribution is 6.36. The Hall–Kier alpha value is -1.31. The number of ketones is 1. The van der Waals surface area contributed by atoms with Crippen molar-refractivity contribution in [2.45, 2.75) is 25.2 Å². The molecule has 20 heavy (non-hydrogen) atoms. The van der Waals surface area contributed by atoms with Gasteiger partial charge in [0.25, 0.3) is 0 Å². The van der Waals surface area contributed by atoms with Crippen molar-refractivity contribution in [1.29, 1.82) is 0 Å². The number of hydrogen-bond donors (Lipinski definition) is 0. The van der Waals surface area contributed by atoms with Crippen LogP contribution < -0.4 is 0 Å². The number of hydrogen-bond acceptors (Lipinski definition) is 1. The van der Waals surface area contributed by atoms with Crippen LogP contribution in [0.5, 0.6) is 0 Å². The summed E-state index contributed by atoms with van der Waals surface area (Å²) in [6.07, 6.45) is 3.82. The van der Waals surface area contributed by atoms with E-state index < -0.39 is 0 Å². The lowest BCUT2D eigenvalue weighted by Crippen LogP contribution is -2.09. The van der Waals surface area contributed by atoms with Gasteiger partial charge in [-0.2, -0.15) is 0 Å². The first kappa shape index (κ1) is 13.7. The summed E-state index contributed by atoms with van der Waals surface area (Å²) in [5, 5.41) is 0.950. The van der Waals surface area contributed by atoms with Crippen molar-refractivity contribution in [3.05, 3.63) is 69.2 Å². The van der Waals surface area contributed by atoms with Crippen LogP contribution in [0.3, 0.4) is 0 Å². The van der Waals surface area contributed by atoms with Crippen LogP contribution in [0.4, 0.5) is 0 Å². The molecule has 0 bridgehead atoms. The van der Waals surface area contributed by atoms with Gasteiger partial charge in [0, 0.05) is 16.1 Å². The maximum Gasteiger partial charge on any atom is 0.194 e. The molecular formula is C17H14Cl2O. The molecule has 0 radical (unpaired) electrons. The molecule has 0 N–H and O–H groups in total. The molecule has 3 rings (SSSR count).